The van der Waals surface area contributed by atoms with E-state index in [1.165, 1.54) is 6.42 Å². The van der Waals surface area contributed by atoms with Gasteiger partial charge in [-0.3, -0.25) is 4.79 Å². The van der Waals surface area contributed by atoms with E-state index >= 15 is 0 Å². The second-order valence-corrected chi connectivity index (χ2v) is 3.26. The normalized spacial score (nSPS) is 19.0. The van der Waals surface area contributed by atoms with Crippen LogP contribution in [0.25, 0.3) is 0 Å². The van der Waals surface area contributed by atoms with Crippen LogP contribution in [0.5, 0.6) is 0 Å². The van der Waals surface area contributed by atoms with Crippen molar-refractivity contribution in [3.05, 3.63) is 0 Å². The Morgan fingerprint density at radius 1 is 1.75 bits per heavy atom. The minimum atomic E-state index is -0.0712. The summed E-state index contributed by atoms with van der Waals surface area (Å²) in [4.78, 5) is 11.3. The van der Waals surface area contributed by atoms with Crippen molar-refractivity contribution in [2.24, 2.45) is 5.92 Å². The highest BCUT2D eigenvalue weighted by Gasteiger charge is 2.25. The molecule has 0 aliphatic heterocycles. The average Bonchev–Trinajstić information content (AvgIpc) is 1.96. The lowest BCUT2D eigenvalue weighted by Crippen LogP contribution is -2.40. The van der Waals surface area contributed by atoms with Crippen molar-refractivity contribution in [2.75, 3.05) is 0 Å². The lowest BCUT2D eigenvalue weighted by atomic mass is 9.84. The fraction of sp³-hybridized carbons (Fsp3) is 0.700. The standard InChI is InChI=1S/C10H15NO/c1-3-9(4-2)11-10(12)8-6-5-7-8/h1,8-9H,4-7H2,2H3,(H,11,12). The number of hydrogen-bond donors (Lipinski definition) is 1. The first kappa shape index (κ1) is 9.12. The molecule has 0 bridgehead atoms. The Morgan fingerprint density at radius 3 is 2.75 bits per heavy atom. The fourth-order valence-electron chi connectivity index (χ4n) is 1.22. The van der Waals surface area contributed by atoms with Crippen LogP contribution in [0.3, 0.4) is 0 Å². The summed E-state index contributed by atoms with van der Waals surface area (Å²) < 4.78 is 0. The van der Waals surface area contributed by atoms with Crippen LogP contribution in [-0.2, 0) is 4.79 Å². The molecule has 1 N–H and O–H groups in total. The Balaban J connectivity index is 2.29. The zero-order valence-corrected chi connectivity index (χ0v) is 7.47. The van der Waals surface area contributed by atoms with E-state index in [2.05, 4.69) is 11.2 Å². The maximum atomic E-state index is 11.3. The zero-order valence-electron chi connectivity index (χ0n) is 7.47. The number of amides is 1. The molecular weight excluding hydrogens is 150 g/mol. The first-order valence-corrected chi connectivity index (χ1v) is 4.54. The summed E-state index contributed by atoms with van der Waals surface area (Å²) in [6.07, 6.45) is 9.30. The van der Waals surface area contributed by atoms with Crippen LogP contribution in [0.2, 0.25) is 0 Å². The van der Waals surface area contributed by atoms with Gasteiger partial charge in [-0.25, -0.2) is 0 Å². The predicted octanol–water partition coefficient (Wildman–Crippen LogP) is 1.31. The molecule has 0 saturated heterocycles. The maximum Gasteiger partial charge on any atom is 0.224 e. The van der Waals surface area contributed by atoms with Crippen LogP contribution in [0.4, 0.5) is 0 Å². The second kappa shape index (κ2) is 4.15. The Hall–Kier alpha value is -0.970. The van der Waals surface area contributed by atoms with Crippen molar-refractivity contribution in [3.63, 3.8) is 0 Å². The van der Waals surface area contributed by atoms with Gasteiger partial charge in [0.05, 0.1) is 6.04 Å². The van der Waals surface area contributed by atoms with E-state index in [1.54, 1.807) is 0 Å². The van der Waals surface area contributed by atoms with Gasteiger partial charge in [-0.2, -0.15) is 0 Å². The first-order chi connectivity index (χ1) is 5.77. The third-order valence-electron chi connectivity index (χ3n) is 2.40. The smallest absolute Gasteiger partial charge is 0.224 e. The highest BCUT2D eigenvalue weighted by molar-refractivity contribution is 5.80. The van der Waals surface area contributed by atoms with Crippen molar-refractivity contribution < 1.29 is 4.79 Å². The van der Waals surface area contributed by atoms with Crippen LogP contribution >= 0.6 is 0 Å². The molecule has 1 fully saturated rings. The molecule has 0 heterocycles. The quantitative estimate of drug-likeness (QED) is 0.628. The van der Waals surface area contributed by atoms with Gasteiger partial charge >= 0.3 is 0 Å². The van der Waals surface area contributed by atoms with Gasteiger partial charge in [0.2, 0.25) is 5.91 Å². The van der Waals surface area contributed by atoms with E-state index in [9.17, 15) is 4.79 Å². The molecule has 1 unspecified atom stereocenters. The van der Waals surface area contributed by atoms with Crippen LogP contribution in [-0.4, -0.2) is 11.9 Å². The van der Waals surface area contributed by atoms with Crippen molar-refractivity contribution in [1.29, 1.82) is 0 Å². The van der Waals surface area contributed by atoms with Gasteiger partial charge < -0.3 is 5.32 Å². The predicted molar refractivity (Wildman–Crippen MR) is 48.4 cm³/mol. The van der Waals surface area contributed by atoms with Crippen molar-refractivity contribution in [3.8, 4) is 12.3 Å². The third-order valence-corrected chi connectivity index (χ3v) is 2.40. The largest absolute Gasteiger partial charge is 0.342 e. The summed E-state index contributed by atoms with van der Waals surface area (Å²) in [7, 11) is 0. The highest BCUT2D eigenvalue weighted by atomic mass is 16.1. The monoisotopic (exact) mass is 165 g/mol. The molecule has 0 radical (unpaired) electrons. The van der Waals surface area contributed by atoms with Crippen LogP contribution in [0.15, 0.2) is 0 Å². The van der Waals surface area contributed by atoms with Crippen LogP contribution in [0, 0.1) is 18.3 Å². The Kier molecular flexibility index (Phi) is 3.16. The van der Waals surface area contributed by atoms with E-state index < -0.39 is 0 Å². The van der Waals surface area contributed by atoms with Crippen LogP contribution < -0.4 is 5.32 Å². The molecule has 0 spiro atoms. The Morgan fingerprint density at radius 2 is 2.42 bits per heavy atom. The zero-order chi connectivity index (χ0) is 8.97. The first-order valence-electron chi connectivity index (χ1n) is 4.54. The second-order valence-electron chi connectivity index (χ2n) is 3.26. The van der Waals surface area contributed by atoms with Gasteiger partial charge in [-0.15, -0.1) is 6.42 Å². The summed E-state index contributed by atoms with van der Waals surface area (Å²) in [5.41, 5.74) is 0. The number of carbonyl (C=O) groups excluding carboxylic acids is 1. The molecule has 1 atom stereocenters. The molecule has 2 heteroatoms. The van der Waals surface area contributed by atoms with E-state index in [4.69, 9.17) is 6.42 Å². The van der Waals surface area contributed by atoms with Crippen molar-refractivity contribution >= 4 is 5.91 Å². The molecule has 0 aromatic carbocycles. The fourth-order valence-corrected chi connectivity index (χ4v) is 1.22. The van der Waals surface area contributed by atoms with Crippen molar-refractivity contribution in [1.82, 2.24) is 5.32 Å². The summed E-state index contributed by atoms with van der Waals surface area (Å²) in [6.45, 7) is 1.98. The van der Waals surface area contributed by atoms with E-state index in [-0.39, 0.29) is 17.9 Å². The minimum absolute atomic E-state index is 0.0712. The highest BCUT2D eigenvalue weighted by Crippen LogP contribution is 2.26. The molecule has 1 rings (SSSR count). The minimum Gasteiger partial charge on any atom is -0.342 e. The lowest BCUT2D eigenvalue weighted by Gasteiger charge is -2.25. The van der Waals surface area contributed by atoms with Gasteiger partial charge in [-0.1, -0.05) is 19.3 Å². The van der Waals surface area contributed by atoms with Gasteiger partial charge in [0, 0.05) is 5.92 Å². The number of rotatable bonds is 3. The van der Waals surface area contributed by atoms with Crippen LogP contribution in [0.1, 0.15) is 32.6 Å². The number of nitrogens with one attached hydrogen (secondary N) is 1. The Bertz CT molecular complexity index is 200. The third kappa shape index (κ3) is 2.01. The van der Waals surface area contributed by atoms with Gasteiger partial charge in [0.25, 0.3) is 0 Å². The molecule has 1 amide bonds. The molecule has 1 aliphatic carbocycles. The van der Waals surface area contributed by atoms with E-state index in [0.29, 0.717) is 0 Å². The summed E-state index contributed by atoms with van der Waals surface area (Å²) in [5.74, 6) is 2.94. The molecule has 2 nitrogen and oxygen atoms in total. The summed E-state index contributed by atoms with van der Waals surface area (Å²) in [6, 6.07) is -0.0712. The SMILES string of the molecule is C#CC(CC)NC(=O)C1CCC1. The molecule has 12 heavy (non-hydrogen) atoms. The Labute approximate surface area is 73.7 Å². The van der Waals surface area contributed by atoms with Gasteiger partial charge in [-0.05, 0) is 19.3 Å². The summed E-state index contributed by atoms with van der Waals surface area (Å²) >= 11 is 0. The van der Waals surface area contributed by atoms with Gasteiger partial charge in [0.15, 0.2) is 0 Å². The molecule has 1 aliphatic rings. The maximum absolute atomic E-state index is 11.3. The molecular formula is C10H15NO. The molecule has 0 aromatic rings. The van der Waals surface area contributed by atoms with E-state index in [1.807, 2.05) is 6.92 Å². The number of hydrogen-bond acceptors (Lipinski definition) is 1. The average molecular weight is 165 g/mol. The number of terminal acetylenes is 1. The number of carbonyl (C=O) groups is 1. The molecule has 0 aromatic heterocycles. The molecule has 1 saturated carbocycles. The van der Waals surface area contributed by atoms with Gasteiger partial charge in [0.1, 0.15) is 0 Å². The van der Waals surface area contributed by atoms with Crippen molar-refractivity contribution in [2.45, 2.75) is 38.6 Å². The molecule has 66 valence electrons. The summed E-state index contributed by atoms with van der Waals surface area (Å²) in [5, 5.41) is 2.84. The topological polar surface area (TPSA) is 29.1 Å². The van der Waals surface area contributed by atoms with E-state index in [0.717, 1.165) is 19.3 Å². The lowest BCUT2D eigenvalue weighted by molar-refractivity contribution is -0.127.